The normalized spacial score (nSPS) is 14.2. The van der Waals surface area contributed by atoms with Crippen molar-refractivity contribution >= 4 is 52.4 Å². The highest BCUT2D eigenvalue weighted by Crippen LogP contribution is 2.34. The Hall–Kier alpha value is -2.83. The summed E-state index contributed by atoms with van der Waals surface area (Å²) in [4.78, 5) is 37.2. The van der Waals surface area contributed by atoms with Crippen LogP contribution in [0, 0.1) is 0 Å². The first-order valence-corrected chi connectivity index (χ1v) is 7.80. The fourth-order valence-electron chi connectivity index (χ4n) is 2.38. The van der Waals surface area contributed by atoms with Gasteiger partial charge in [-0.25, -0.2) is 9.69 Å². The molecule has 0 atom stereocenters. The molecule has 2 aromatic rings. The fourth-order valence-corrected chi connectivity index (χ4v) is 2.81. The van der Waals surface area contributed by atoms with Crippen LogP contribution in [-0.2, 0) is 9.59 Å². The number of carbonyl (C=O) groups excluding carboxylic acids is 2. The number of para-hydroxylation sites is 2. The second kappa shape index (κ2) is 6.58. The van der Waals surface area contributed by atoms with Crippen LogP contribution in [0.1, 0.15) is 10.4 Å². The lowest BCUT2D eigenvalue weighted by molar-refractivity contribution is -0.120. The number of rotatable bonds is 4. The average molecular weight is 377 g/mol. The minimum Gasteiger partial charge on any atom is -0.478 e. The van der Waals surface area contributed by atoms with Crippen molar-refractivity contribution in [2.45, 2.75) is 0 Å². The van der Waals surface area contributed by atoms with Gasteiger partial charge in [0.05, 0.1) is 22.0 Å². The number of anilines is 2. The van der Waals surface area contributed by atoms with E-state index in [-0.39, 0.29) is 32.7 Å². The zero-order valence-corrected chi connectivity index (χ0v) is 14.0. The number of nitrogens with one attached hydrogen (secondary N) is 1. The van der Waals surface area contributed by atoms with E-state index in [1.165, 1.54) is 24.3 Å². The van der Waals surface area contributed by atoms with E-state index in [0.29, 0.717) is 0 Å². The summed E-state index contributed by atoms with van der Waals surface area (Å²) < 4.78 is 0. The van der Waals surface area contributed by atoms with Crippen LogP contribution in [0.2, 0.25) is 5.02 Å². The van der Waals surface area contributed by atoms with Gasteiger partial charge < -0.3 is 10.4 Å². The number of hydrogen-bond acceptors (Lipinski definition) is 4. The molecule has 126 valence electrons. The topological polar surface area (TPSA) is 86.7 Å². The molecule has 0 fully saturated rings. The van der Waals surface area contributed by atoms with Crippen molar-refractivity contribution in [1.82, 2.24) is 0 Å². The summed E-state index contributed by atoms with van der Waals surface area (Å²) >= 11 is 12.1. The van der Waals surface area contributed by atoms with Gasteiger partial charge in [0.15, 0.2) is 0 Å². The van der Waals surface area contributed by atoms with E-state index in [9.17, 15) is 19.5 Å². The van der Waals surface area contributed by atoms with E-state index in [0.717, 1.165) is 4.90 Å². The zero-order valence-electron chi connectivity index (χ0n) is 12.5. The molecule has 2 N–H and O–H groups in total. The summed E-state index contributed by atoms with van der Waals surface area (Å²) in [7, 11) is 0. The van der Waals surface area contributed by atoms with Crippen LogP contribution in [-0.4, -0.2) is 22.9 Å². The van der Waals surface area contributed by atoms with E-state index in [1.807, 2.05) is 0 Å². The van der Waals surface area contributed by atoms with Crippen LogP contribution in [0.4, 0.5) is 11.4 Å². The number of nitrogens with zero attached hydrogens (tertiary/aromatic N) is 1. The molecule has 2 amide bonds. The van der Waals surface area contributed by atoms with Crippen molar-refractivity contribution in [1.29, 1.82) is 0 Å². The number of carboxylic acid groups (broad SMARTS) is 1. The summed E-state index contributed by atoms with van der Waals surface area (Å²) in [6, 6.07) is 12.3. The lowest BCUT2D eigenvalue weighted by Gasteiger charge is -2.16. The van der Waals surface area contributed by atoms with Gasteiger partial charge in [0.2, 0.25) is 0 Å². The van der Waals surface area contributed by atoms with Gasteiger partial charge in [-0.1, -0.05) is 47.5 Å². The molecule has 0 saturated heterocycles. The van der Waals surface area contributed by atoms with Crippen LogP contribution in [0.15, 0.2) is 59.3 Å². The van der Waals surface area contributed by atoms with Gasteiger partial charge in [-0.15, -0.1) is 0 Å². The Labute approximate surface area is 152 Å². The number of aromatic carboxylic acids is 1. The van der Waals surface area contributed by atoms with E-state index < -0.39 is 17.8 Å². The highest BCUT2D eigenvalue weighted by molar-refractivity contribution is 6.53. The van der Waals surface area contributed by atoms with E-state index >= 15 is 0 Å². The average Bonchev–Trinajstić information content (AvgIpc) is 2.80. The lowest BCUT2D eigenvalue weighted by Crippen LogP contribution is -2.32. The molecule has 1 heterocycles. The number of hydrogen-bond donors (Lipinski definition) is 2. The van der Waals surface area contributed by atoms with Gasteiger partial charge in [-0.2, -0.15) is 0 Å². The zero-order chi connectivity index (χ0) is 18.1. The summed E-state index contributed by atoms with van der Waals surface area (Å²) in [5, 5.41) is 11.7. The molecule has 0 unspecified atom stereocenters. The van der Waals surface area contributed by atoms with Crippen molar-refractivity contribution in [3.63, 3.8) is 0 Å². The van der Waals surface area contributed by atoms with Gasteiger partial charge in [-0.05, 0) is 24.3 Å². The maximum Gasteiger partial charge on any atom is 0.337 e. The molecule has 1 aliphatic heterocycles. The Morgan fingerprint density at radius 3 is 2.28 bits per heavy atom. The predicted molar refractivity (Wildman–Crippen MR) is 93.8 cm³/mol. The van der Waals surface area contributed by atoms with Crippen molar-refractivity contribution in [3.8, 4) is 0 Å². The number of carbonyl (C=O) groups is 3. The molecule has 3 rings (SSSR count). The highest BCUT2D eigenvalue weighted by atomic mass is 35.5. The maximum atomic E-state index is 12.7. The third kappa shape index (κ3) is 2.97. The van der Waals surface area contributed by atoms with Crippen molar-refractivity contribution in [3.05, 3.63) is 69.8 Å². The number of carboxylic acids is 1. The Kier molecular flexibility index (Phi) is 4.48. The molecule has 0 saturated carbocycles. The lowest BCUT2D eigenvalue weighted by atomic mass is 10.1. The van der Waals surface area contributed by atoms with Crippen molar-refractivity contribution < 1.29 is 19.5 Å². The largest absolute Gasteiger partial charge is 0.478 e. The van der Waals surface area contributed by atoms with Crippen LogP contribution < -0.4 is 10.2 Å². The molecule has 0 spiro atoms. The van der Waals surface area contributed by atoms with Gasteiger partial charge in [0, 0.05) is 0 Å². The molecule has 25 heavy (non-hydrogen) atoms. The van der Waals surface area contributed by atoms with Gasteiger partial charge in [0.25, 0.3) is 11.8 Å². The molecule has 0 aliphatic carbocycles. The second-order valence-electron chi connectivity index (χ2n) is 5.06. The van der Waals surface area contributed by atoms with Crippen molar-refractivity contribution in [2.24, 2.45) is 0 Å². The maximum absolute atomic E-state index is 12.7. The molecule has 0 bridgehead atoms. The van der Waals surface area contributed by atoms with Gasteiger partial charge in [0.1, 0.15) is 10.7 Å². The molecule has 6 nitrogen and oxygen atoms in total. The minimum atomic E-state index is -1.18. The Bertz CT molecular complexity index is 940. The first-order chi connectivity index (χ1) is 11.9. The van der Waals surface area contributed by atoms with Crippen LogP contribution in [0.5, 0.6) is 0 Å². The van der Waals surface area contributed by atoms with Crippen LogP contribution >= 0.6 is 23.2 Å². The molecule has 0 radical (unpaired) electrons. The molecule has 8 heteroatoms. The molecule has 2 aromatic carbocycles. The van der Waals surface area contributed by atoms with Crippen molar-refractivity contribution in [2.75, 3.05) is 10.2 Å². The molecular weight excluding hydrogens is 367 g/mol. The number of amides is 2. The quantitative estimate of drug-likeness (QED) is 0.797. The Morgan fingerprint density at radius 1 is 0.960 bits per heavy atom. The Morgan fingerprint density at radius 2 is 1.60 bits per heavy atom. The first kappa shape index (κ1) is 17.0. The van der Waals surface area contributed by atoms with E-state index in [1.54, 1.807) is 24.3 Å². The summed E-state index contributed by atoms with van der Waals surface area (Å²) in [5.41, 5.74) is 0.0714. The van der Waals surface area contributed by atoms with E-state index in [4.69, 9.17) is 23.2 Å². The first-order valence-electron chi connectivity index (χ1n) is 7.04. The third-order valence-corrected chi connectivity index (χ3v) is 4.21. The van der Waals surface area contributed by atoms with Crippen LogP contribution in [0.25, 0.3) is 0 Å². The van der Waals surface area contributed by atoms with E-state index in [2.05, 4.69) is 5.32 Å². The number of imide groups is 1. The number of halogens is 2. The summed E-state index contributed by atoms with van der Waals surface area (Å²) in [6.45, 7) is 0. The van der Waals surface area contributed by atoms with Gasteiger partial charge >= 0.3 is 5.97 Å². The Balaban J connectivity index is 1.99. The van der Waals surface area contributed by atoms with Gasteiger partial charge in [-0.3, -0.25) is 9.59 Å². The monoisotopic (exact) mass is 376 g/mol. The third-order valence-electron chi connectivity index (χ3n) is 3.54. The van der Waals surface area contributed by atoms with Crippen LogP contribution in [0.3, 0.4) is 0 Å². The SMILES string of the molecule is O=C(O)c1ccccc1NC1=C(Cl)C(=O)N(c2ccccc2Cl)C1=O. The molecule has 1 aliphatic rings. The number of benzene rings is 2. The highest BCUT2D eigenvalue weighted by Gasteiger charge is 2.40. The summed E-state index contributed by atoms with van der Waals surface area (Å²) in [6.07, 6.45) is 0. The predicted octanol–water partition coefficient (Wildman–Crippen LogP) is 3.47. The molecular formula is C17H10Cl2N2O4. The summed E-state index contributed by atoms with van der Waals surface area (Å²) in [5.74, 6) is -2.64. The standard InChI is InChI=1S/C17H10Cl2N2O4/c18-10-6-2-4-8-12(10)21-15(22)13(19)14(16(21)23)20-11-7-3-1-5-9(11)17(24)25/h1-8,20H,(H,24,25). The smallest absolute Gasteiger partial charge is 0.337 e. The second-order valence-corrected chi connectivity index (χ2v) is 5.85. The fraction of sp³-hybridized carbons (Fsp3) is 0. The molecule has 0 aromatic heterocycles. The minimum absolute atomic E-state index is 0.0593.